The summed E-state index contributed by atoms with van der Waals surface area (Å²) >= 11 is 0. The quantitative estimate of drug-likeness (QED) is 0.666. The molecule has 13 heavy (non-hydrogen) atoms. The van der Waals surface area contributed by atoms with Gasteiger partial charge in [0.1, 0.15) is 11.9 Å². The number of carbonyl (C=O) groups excluding carboxylic acids is 1. The van der Waals surface area contributed by atoms with Gasteiger partial charge in [0.05, 0.1) is 0 Å². The van der Waals surface area contributed by atoms with Gasteiger partial charge in [-0.1, -0.05) is 12.1 Å². The molecule has 0 aliphatic carbocycles. The van der Waals surface area contributed by atoms with Crippen LogP contribution in [0.15, 0.2) is 24.3 Å². The maximum Gasteiger partial charge on any atom is 0.306 e. The number of esters is 1. The van der Waals surface area contributed by atoms with Gasteiger partial charge in [0, 0.05) is 6.42 Å². The largest absolute Gasteiger partial charge is 0.508 e. The van der Waals surface area contributed by atoms with Crippen LogP contribution in [0.3, 0.4) is 0 Å². The minimum atomic E-state index is -0.141. The van der Waals surface area contributed by atoms with E-state index in [0.29, 0.717) is 6.42 Å². The van der Waals surface area contributed by atoms with Crippen LogP contribution in [0.5, 0.6) is 5.75 Å². The Morgan fingerprint density at radius 2 is 2.00 bits per heavy atom. The van der Waals surface area contributed by atoms with E-state index < -0.39 is 0 Å². The molecule has 1 fully saturated rings. The molecule has 1 unspecified atom stereocenters. The van der Waals surface area contributed by atoms with Gasteiger partial charge in [-0.05, 0) is 24.1 Å². The second-order valence-electron chi connectivity index (χ2n) is 3.11. The predicted octanol–water partition coefficient (Wildman–Crippen LogP) is 1.77. The molecule has 1 aliphatic rings. The normalized spacial score (nSPS) is 21.5. The fraction of sp³-hybridized carbons (Fsp3) is 0.300. The van der Waals surface area contributed by atoms with Crippen molar-refractivity contribution in [2.24, 2.45) is 0 Å². The molecule has 0 aromatic heterocycles. The number of carbonyl (C=O) groups is 1. The second kappa shape index (κ2) is 3.09. The van der Waals surface area contributed by atoms with Crippen molar-refractivity contribution in [3.05, 3.63) is 29.8 Å². The molecule has 1 N–H and O–H groups in total. The van der Waals surface area contributed by atoms with E-state index in [1.807, 2.05) is 0 Å². The summed E-state index contributed by atoms with van der Waals surface area (Å²) in [7, 11) is 0. The smallest absolute Gasteiger partial charge is 0.306 e. The predicted molar refractivity (Wildman–Crippen MR) is 46.2 cm³/mol. The van der Waals surface area contributed by atoms with Gasteiger partial charge >= 0.3 is 5.97 Å². The molecule has 1 aliphatic heterocycles. The minimum Gasteiger partial charge on any atom is -0.508 e. The molecule has 0 amide bonds. The monoisotopic (exact) mass is 178 g/mol. The molecule has 2 rings (SSSR count). The number of aromatic hydroxyl groups is 1. The highest BCUT2D eigenvalue weighted by molar-refractivity contribution is 5.71. The molecule has 68 valence electrons. The average Bonchev–Trinajstić information content (AvgIpc) is 2.53. The van der Waals surface area contributed by atoms with E-state index in [9.17, 15) is 4.79 Å². The zero-order valence-electron chi connectivity index (χ0n) is 7.06. The standard InChI is InChI=1S/C10H10O3/c11-8-3-1-7(2-4-8)9-5-6-10(12)13-9/h1-4,9,11H,5-6H2. The third-order valence-corrected chi connectivity index (χ3v) is 2.15. The van der Waals surface area contributed by atoms with E-state index in [4.69, 9.17) is 9.84 Å². The Kier molecular flexibility index (Phi) is 1.93. The summed E-state index contributed by atoms with van der Waals surface area (Å²) in [5.74, 6) is 0.0890. The van der Waals surface area contributed by atoms with Crippen LogP contribution in [-0.4, -0.2) is 11.1 Å². The number of phenols is 1. The molecule has 3 heteroatoms. The SMILES string of the molecule is O=C1CCC(c2ccc(O)cc2)O1. The van der Waals surface area contributed by atoms with Crippen LogP contribution in [0.25, 0.3) is 0 Å². The zero-order valence-corrected chi connectivity index (χ0v) is 7.06. The summed E-state index contributed by atoms with van der Waals surface area (Å²) in [6.45, 7) is 0. The molecule has 0 radical (unpaired) electrons. The van der Waals surface area contributed by atoms with Gasteiger partial charge < -0.3 is 9.84 Å². The van der Waals surface area contributed by atoms with Gasteiger partial charge in [0.15, 0.2) is 0 Å². The molecule has 1 saturated heterocycles. The Balaban J connectivity index is 2.17. The molecule has 0 spiro atoms. The Morgan fingerprint density at radius 3 is 2.54 bits per heavy atom. The van der Waals surface area contributed by atoms with Crippen molar-refractivity contribution in [2.45, 2.75) is 18.9 Å². The fourth-order valence-corrected chi connectivity index (χ4v) is 1.45. The van der Waals surface area contributed by atoms with Gasteiger partial charge in [-0.15, -0.1) is 0 Å². The molecular formula is C10H10O3. The van der Waals surface area contributed by atoms with Crippen molar-refractivity contribution in [3.63, 3.8) is 0 Å². The van der Waals surface area contributed by atoms with Crippen molar-refractivity contribution in [1.82, 2.24) is 0 Å². The van der Waals surface area contributed by atoms with Crippen LogP contribution in [0, 0.1) is 0 Å². The molecule has 0 saturated carbocycles. The van der Waals surface area contributed by atoms with Gasteiger partial charge in [-0.25, -0.2) is 0 Å². The van der Waals surface area contributed by atoms with E-state index in [-0.39, 0.29) is 17.8 Å². The lowest BCUT2D eigenvalue weighted by Gasteiger charge is -2.08. The molecule has 1 aromatic rings. The highest BCUT2D eigenvalue weighted by Gasteiger charge is 2.24. The second-order valence-corrected chi connectivity index (χ2v) is 3.11. The van der Waals surface area contributed by atoms with Crippen LogP contribution in [0.2, 0.25) is 0 Å². The Bertz CT molecular complexity index is 315. The van der Waals surface area contributed by atoms with Gasteiger partial charge in [-0.3, -0.25) is 4.79 Å². The van der Waals surface area contributed by atoms with Crippen molar-refractivity contribution in [1.29, 1.82) is 0 Å². The summed E-state index contributed by atoms with van der Waals surface area (Å²) in [4.78, 5) is 10.8. The lowest BCUT2D eigenvalue weighted by atomic mass is 10.1. The lowest BCUT2D eigenvalue weighted by molar-refractivity contribution is -0.141. The number of cyclic esters (lactones) is 1. The first kappa shape index (κ1) is 8.10. The molecule has 3 nitrogen and oxygen atoms in total. The van der Waals surface area contributed by atoms with Crippen LogP contribution < -0.4 is 0 Å². The highest BCUT2D eigenvalue weighted by atomic mass is 16.5. The Hall–Kier alpha value is -1.51. The summed E-state index contributed by atoms with van der Waals surface area (Å²) in [6.07, 6.45) is 1.11. The maximum atomic E-state index is 10.8. The van der Waals surface area contributed by atoms with Crippen molar-refractivity contribution >= 4 is 5.97 Å². The van der Waals surface area contributed by atoms with Gasteiger partial charge in [-0.2, -0.15) is 0 Å². The molecule has 1 atom stereocenters. The van der Waals surface area contributed by atoms with Crippen LogP contribution in [0.1, 0.15) is 24.5 Å². The number of hydrogen-bond acceptors (Lipinski definition) is 3. The maximum absolute atomic E-state index is 10.8. The van der Waals surface area contributed by atoms with Crippen LogP contribution in [-0.2, 0) is 9.53 Å². The average molecular weight is 178 g/mol. The number of phenolic OH excluding ortho intramolecular Hbond substituents is 1. The van der Waals surface area contributed by atoms with E-state index in [1.165, 1.54) is 0 Å². The summed E-state index contributed by atoms with van der Waals surface area (Å²) in [5, 5.41) is 9.04. The van der Waals surface area contributed by atoms with Crippen molar-refractivity contribution in [2.75, 3.05) is 0 Å². The highest BCUT2D eigenvalue weighted by Crippen LogP contribution is 2.29. The minimum absolute atomic E-state index is 0.118. The first-order valence-corrected chi connectivity index (χ1v) is 4.24. The van der Waals surface area contributed by atoms with E-state index in [0.717, 1.165) is 12.0 Å². The molecule has 0 bridgehead atoms. The fourth-order valence-electron chi connectivity index (χ4n) is 1.45. The number of ether oxygens (including phenoxy) is 1. The number of benzene rings is 1. The first-order chi connectivity index (χ1) is 6.25. The van der Waals surface area contributed by atoms with Gasteiger partial charge in [0.2, 0.25) is 0 Å². The van der Waals surface area contributed by atoms with Crippen LogP contribution in [0.4, 0.5) is 0 Å². The summed E-state index contributed by atoms with van der Waals surface area (Å²) < 4.78 is 5.07. The zero-order chi connectivity index (χ0) is 9.26. The summed E-state index contributed by atoms with van der Waals surface area (Å²) in [6, 6.07) is 6.75. The van der Waals surface area contributed by atoms with E-state index in [2.05, 4.69) is 0 Å². The first-order valence-electron chi connectivity index (χ1n) is 4.24. The molecule has 1 aromatic carbocycles. The molecular weight excluding hydrogens is 168 g/mol. The third-order valence-electron chi connectivity index (χ3n) is 2.15. The Labute approximate surface area is 76.0 Å². The summed E-state index contributed by atoms with van der Waals surface area (Å²) in [5.41, 5.74) is 0.948. The number of rotatable bonds is 1. The molecule has 1 heterocycles. The lowest BCUT2D eigenvalue weighted by Crippen LogP contribution is -1.97. The van der Waals surface area contributed by atoms with Crippen LogP contribution >= 0.6 is 0 Å². The third kappa shape index (κ3) is 1.64. The van der Waals surface area contributed by atoms with E-state index in [1.54, 1.807) is 24.3 Å². The van der Waals surface area contributed by atoms with Crippen molar-refractivity contribution in [3.8, 4) is 5.75 Å². The van der Waals surface area contributed by atoms with E-state index >= 15 is 0 Å². The van der Waals surface area contributed by atoms with Gasteiger partial charge in [0.25, 0.3) is 0 Å². The Morgan fingerprint density at radius 1 is 1.31 bits per heavy atom. The topological polar surface area (TPSA) is 46.5 Å². The number of hydrogen-bond donors (Lipinski definition) is 1. The van der Waals surface area contributed by atoms with Crippen molar-refractivity contribution < 1.29 is 14.6 Å².